The van der Waals surface area contributed by atoms with Gasteiger partial charge in [0.15, 0.2) is 11.9 Å². The summed E-state index contributed by atoms with van der Waals surface area (Å²) in [6.45, 7) is 3.00. The molecule has 0 N–H and O–H groups in total. The van der Waals surface area contributed by atoms with Gasteiger partial charge in [-0.2, -0.15) is 0 Å². The highest BCUT2D eigenvalue weighted by atomic mass is 16.7. The minimum Gasteiger partial charge on any atom is -0.453 e. The van der Waals surface area contributed by atoms with Crippen molar-refractivity contribution in [2.45, 2.75) is 51.6 Å². The molecular formula is C11H14N4O6. The van der Waals surface area contributed by atoms with Crippen LogP contribution in [0.15, 0.2) is 0 Å². The third kappa shape index (κ3) is 2.72. The molecule has 1 unspecified atom stereocenters. The smallest absolute Gasteiger partial charge is 0.305 e. The van der Waals surface area contributed by atoms with E-state index in [2.05, 4.69) is 15.5 Å². The molecule has 0 amide bonds. The fraction of sp³-hybridized carbons (Fsp3) is 0.727. The first-order valence-corrected chi connectivity index (χ1v) is 6.41. The summed E-state index contributed by atoms with van der Waals surface area (Å²) in [5.74, 6) is -0.484. The van der Waals surface area contributed by atoms with E-state index in [0.29, 0.717) is 12.4 Å². The van der Waals surface area contributed by atoms with Gasteiger partial charge in [0.1, 0.15) is 18.8 Å². The molecule has 0 saturated carbocycles. The normalized spacial score (nSPS) is 31.0. The molecule has 10 nitrogen and oxygen atoms in total. The van der Waals surface area contributed by atoms with Crippen LogP contribution in [0.2, 0.25) is 0 Å². The first-order valence-electron chi connectivity index (χ1n) is 6.41. The van der Waals surface area contributed by atoms with Gasteiger partial charge in [0.2, 0.25) is 6.29 Å². The van der Waals surface area contributed by atoms with E-state index in [1.807, 2.05) is 0 Å². The molecule has 3 heterocycles. The Morgan fingerprint density at radius 3 is 2.76 bits per heavy atom. The molecule has 114 valence electrons. The number of rotatable bonds is 2. The zero-order valence-corrected chi connectivity index (χ0v) is 11.5. The Balaban J connectivity index is 1.82. The Morgan fingerprint density at radius 1 is 1.29 bits per heavy atom. The summed E-state index contributed by atoms with van der Waals surface area (Å²) < 4.78 is 23.1. The number of hydrogen-bond acceptors (Lipinski definition) is 9. The molecule has 10 heteroatoms. The van der Waals surface area contributed by atoms with E-state index in [4.69, 9.17) is 18.9 Å². The van der Waals surface area contributed by atoms with E-state index in [9.17, 15) is 9.59 Å². The third-order valence-electron chi connectivity index (χ3n) is 3.22. The van der Waals surface area contributed by atoms with Crippen molar-refractivity contribution in [3.63, 3.8) is 0 Å². The van der Waals surface area contributed by atoms with Crippen LogP contribution in [0.25, 0.3) is 0 Å². The molecule has 4 atom stereocenters. The number of ether oxygens (including phenoxy) is 4. The van der Waals surface area contributed by atoms with Gasteiger partial charge in [-0.1, -0.05) is 0 Å². The Hall–Kier alpha value is -2.07. The van der Waals surface area contributed by atoms with Gasteiger partial charge in [-0.25, -0.2) is 4.68 Å². The third-order valence-corrected chi connectivity index (χ3v) is 3.22. The van der Waals surface area contributed by atoms with Crippen molar-refractivity contribution in [1.82, 2.24) is 20.2 Å². The number of fused-ring (bicyclic) bond motifs is 2. The molecule has 3 rings (SSSR count). The predicted octanol–water partition coefficient (Wildman–Crippen LogP) is -1.21. The topological polar surface area (TPSA) is 115 Å². The number of carbonyl (C=O) groups excluding carboxylic acids is 2. The van der Waals surface area contributed by atoms with Gasteiger partial charge in [0.25, 0.3) is 0 Å². The lowest BCUT2D eigenvalue weighted by Gasteiger charge is -2.21. The highest BCUT2D eigenvalue weighted by Crippen LogP contribution is 2.31. The molecule has 0 aliphatic carbocycles. The molecule has 1 saturated heterocycles. The van der Waals surface area contributed by atoms with Crippen LogP contribution >= 0.6 is 0 Å². The molecular weight excluding hydrogens is 284 g/mol. The second-order valence-electron chi connectivity index (χ2n) is 4.78. The second kappa shape index (κ2) is 5.37. The quantitative estimate of drug-likeness (QED) is 0.620. The fourth-order valence-corrected chi connectivity index (χ4v) is 2.42. The minimum atomic E-state index is -1.00. The maximum absolute atomic E-state index is 11.2. The maximum Gasteiger partial charge on any atom is 0.305 e. The van der Waals surface area contributed by atoms with Crippen LogP contribution < -0.4 is 0 Å². The van der Waals surface area contributed by atoms with Crippen molar-refractivity contribution in [2.75, 3.05) is 0 Å². The Bertz CT molecular complexity index is 561. The van der Waals surface area contributed by atoms with Gasteiger partial charge >= 0.3 is 11.9 Å². The van der Waals surface area contributed by atoms with Crippen molar-refractivity contribution >= 4 is 11.9 Å². The molecule has 2 aliphatic rings. The minimum absolute atomic E-state index is 0.155. The lowest BCUT2D eigenvalue weighted by Crippen LogP contribution is -2.40. The van der Waals surface area contributed by atoms with Crippen molar-refractivity contribution in [2.24, 2.45) is 0 Å². The average molecular weight is 298 g/mol. The molecule has 1 aromatic heterocycles. The lowest BCUT2D eigenvalue weighted by molar-refractivity contribution is -0.196. The Morgan fingerprint density at radius 2 is 2.05 bits per heavy atom. The number of hydrogen-bond donors (Lipinski definition) is 0. The summed E-state index contributed by atoms with van der Waals surface area (Å²) in [5, 5.41) is 11.2. The average Bonchev–Trinajstić information content (AvgIpc) is 2.89. The van der Waals surface area contributed by atoms with Crippen molar-refractivity contribution in [3.8, 4) is 0 Å². The van der Waals surface area contributed by atoms with Crippen molar-refractivity contribution < 1.29 is 28.5 Å². The molecule has 0 spiro atoms. The molecule has 0 radical (unpaired) electrons. The Kier molecular flexibility index (Phi) is 3.55. The number of carbonyl (C=O) groups is 2. The Labute approximate surface area is 119 Å². The van der Waals surface area contributed by atoms with Crippen LogP contribution in [-0.2, 0) is 41.7 Å². The summed E-state index contributed by atoms with van der Waals surface area (Å²) >= 11 is 0. The largest absolute Gasteiger partial charge is 0.453 e. The lowest BCUT2D eigenvalue weighted by atomic mass is 10.1. The summed E-state index contributed by atoms with van der Waals surface area (Å²) in [6.07, 6.45) is -2.88. The van der Waals surface area contributed by atoms with Crippen LogP contribution in [0.1, 0.15) is 19.7 Å². The first-order chi connectivity index (χ1) is 10.0. The molecule has 1 aromatic rings. The zero-order chi connectivity index (χ0) is 15.0. The first kappa shape index (κ1) is 13.9. The SMILES string of the molecule is CC(=O)OC1O[C@@H]2Cn3nnnc3CO[C@@H]2[C@H]1OC(C)=O. The van der Waals surface area contributed by atoms with Crippen molar-refractivity contribution in [3.05, 3.63) is 5.82 Å². The van der Waals surface area contributed by atoms with Gasteiger partial charge in [-0.15, -0.1) is 5.10 Å². The molecule has 0 bridgehead atoms. The van der Waals surface area contributed by atoms with E-state index in [1.54, 1.807) is 4.68 Å². The fourth-order valence-electron chi connectivity index (χ4n) is 2.42. The van der Waals surface area contributed by atoms with E-state index >= 15 is 0 Å². The summed E-state index contributed by atoms with van der Waals surface area (Å²) in [4.78, 5) is 22.4. The summed E-state index contributed by atoms with van der Waals surface area (Å²) in [5.41, 5.74) is 0. The number of tetrazole rings is 1. The maximum atomic E-state index is 11.2. The van der Waals surface area contributed by atoms with E-state index in [-0.39, 0.29) is 6.61 Å². The van der Waals surface area contributed by atoms with E-state index in [0.717, 1.165) is 0 Å². The van der Waals surface area contributed by atoms with E-state index in [1.165, 1.54) is 13.8 Å². The molecule has 2 aliphatic heterocycles. The van der Waals surface area contributed by atoms with Crippen molar-refractivity contribution in [1.29, 1.82) is 0 Å². The summed E-state index contributed by atoms with van der Waals surface area (Å²) in [6, 6.07) is 0. The van der Waals surface area contributed by atoms with Gasteiger partial charge in [0, 0.05) is 13.8 Å². The molecule has 1 fully saturated rings. The zero-order valence-electron chi connectivity index (χ0n) is 11.5. The highest BCUT2D eigenvalue weighted by molar-refractivity contribution is 5.67. The van der Waals surface area contributed by atoms with Crippen LogP contribution in [0, 0.1) is 0 Å². The standard InChI is InChI=1S/C11H14N4O6/c1-5(16)19-10-9-7(21-11(10)20-6(2)17)3-15-8(4-18-9)12-13-14-15/h7,9-11H,3-4H2,1-2H3/t7-,9+,10-,11?/m1/s1. The highest BCUT2D eigenvalue weighted by Gasteiger charge is 2.51. The van der Waals surface area contributed by atoms with Crippen LogP contribution in [0.3, 0.4) is 0 Å². The molecule has 0 aromatic carbocycles. The number of esters is 2. The van der Waals surface area contributed by atoms with Gasteiger partial charge in [-0.3, -0.25) is 9.59 Å². The predicted molar refractivity (Wildman–Crippen MR) is 62.4 cm³/mol. The van der Waals surface area contributed by atoms with E-state index < -0.39 is 36.5 Å². The summed E-state index contributed by atoms with van der Waals surface area (Å²) in [7, 11) is 0. The molecule has 21 heavy (non-hydrogen) atoms. The van der Waals surface area contributed by atoms with Gasteiger partial charge < -0.3 is 18.9 Å². The monoisotopic (exact) mass is 298 g/mol. The van der Waals surface area contributed by atoms with Crippen LogP contribution in [0.4, 0.5) is 0 Å². The number of aromatic nitrogens is 4. The number of nitrogens with zero attached hydrogens (tertiary/aromatic N) is 4. The second-order valence-corrected chi connectivity index (χ2v) is 4.78. The van der Waals surface area contributed by atoms with Crippen LogP contribution in [0.5, 0.6) is 0 Å². The van der Waals surface area contributed by atoms with Gasteiger partial charge in [0.05, 0.1) is 6.54 Å². The van der Waals surface area contributed by atoms with Gasteiger partial charge in [-0.05, 0) is 10.4 Å². The van der Waals surface area contributed by atoms with Crippen LogP contribution in [-0.4, -0.2) is 56.7 Å².